The second-order valence-electron chi connectivity index (χ2n) is 19.1. The van der Waals surface area contributed by atoms with Gasteiger partial charge >= 0.3 is 0 Å². The average molecular weight is 815 g/mol. The van der Waals surface area contributed by atoms with Gasteiger partial charge in [0, 0.05) is 10.8 Å². The molecule has 0 radical (unpaired) electrons. The number of rotatable bonds is 4. The lowest BCUT2D eigenvalue weighted by Crippen LogP contribution is -2.14. The molecule has 2 aliphatic carbocycles. The highest BCUT2D eigenvalue weighted by atomic mass is 14.4. The first-order valence-corrected chi connectivity index (χ1v) is 22.8. The number of benzene rings is 11. The summed E-state index contributed by atoms with van der Waals surface area (Å²) in [5.41, 5.74) is 20.9. The van der Waals surface area contributed by atoms with Gasteiger partial charge in [0.2, 0.25) is 0 Å². The summed E-state index contributed by atoms with van der Waals surface area (Å²) in [5.74, 6) is 0. The van der Waals surface area contributed by atoms with Crippen molar-refractivity contribution in [2.45, 2.75) is 38.5 Å². The molecule has 302 valence electrons. The summed E-state index contributed by atoms with van der Waals surface area (Å²) >= 11 is 0. The minimum absolute atomic E-state index is 0.0706. The highest BCUT2D eigenvalue weighted by molar-refractivity contribution is 6.26. The largest absolute Gasteiger partial charge is 0.0619 e. The lowest BCUT2D eigenvalue weighted by molar-refractivity contribution is 0.660. The zero-order valence-corrected chi connectivity index (χ0v) is 36.6. The lowest BCUT2D eigenvalue weighted by atomic mass is 9.79. The van der Waals surface area contributed by atoms with Crippen LogP contribution in [0.5, 0.6) is 0 Å². The molecular formula is C64H46. The smallest absolute Gasteiger partial charge is 0.0159 e. The summed E-state index contributed by atoms with van der Waals surface area (Å²) in [6.45, 7) is 9.52. The van der Waals surface area contributed by atoms with E-state index in [9.17, 15) is 0 Å². The van der Waals surface area contributed by atoms with Crippen molar-refractivity contribution in [1.29, 1.82) is 0 Å². The topological polar surface area (TPSA) is 0 Å². The van der Waals surface area contributed by atoms with E-state index in [-0.39, 0.29) is 10.8 Å². The molecule has 64 heavy (non-hydrogen) atoms. The molecule has 11 aromatic rings. The van der Waals surface area contributed by atoms with E-state index >= 15 is 0 Å². The Hall–Kier alpha value is -7.54. The summed E-state index contributed by atoms with van der Waals surface area (Å²) in [7, 11) is 0. The normalized spacial score (nSPS) is 14.2. The van der Waals surface area contributed by atoms with Gasteiger partial charge in [0.25, 0.3) is 0 Å². The number of hydrogen-bond donors (Lipinski definition) is 0. The zero-order valence-electron chi connectivity index (χ0n) is 36.6. The van der Waals surface area contributed by atoms with Crippen LogP contribution in [0.25, 0.3) is 110 Å². The zero-order chi connectivity index (χ0) is 42.9. The SMILES string of the molecule is CC1(C)c2ccccc2-c2ccc(-c3ccc(-c4c5ccccc5c(-c5cccc6c5-c5ccccc5C6(C)C)c5cc(-c6cccc7ccccc67)ccc45)c4ccccc34)cc21. The van der Waals surface area contributed by atoms with Crippen molar-refractivity contribution in [3.63, 3.8) is 0 Å². The fraction of sp³-hybridized carbons (Fsp3) is 0.0938. The van der Waals surface area contributed by atoms with Gasteiger partial charge in [-0.2, -0.15) is 0 Å². The van der Waals surface area contributed by atoms with E-state index in [0.717, 1.165) is 0 Å². The van der Waals surface area contributed by atoms with Gasteiger partial charge in [-0.3, -0.25) is 0 Å². The molecule has 0 amide bonds. The third-order valence-electron chi connectivity index (χ3n) is 15.1. The van der Waals surface area contributed by atoms with Gasteiger partial charge in [0.15, 0.2) is 0 Å². The molecule has 0 aromatic heterocycles. The van der Waals surface area contributed by atoms with E-state index in [2.05, 4.69) is 234 Å². The Bertz CT molecular complexity index is 3770. The van der Waals surface area contributed by atoms with Crippen LogP contribution in [-0.2, 0) is 10.8 Å². The number of fused-ring (bicyclic) bond motifs is 10. The van der Waals surface area contributed by atoms with Gasteiger partial charge in [-0.25, -0.2) is 0 Å². The van der Waals surface area contributed by atoms with Crippen LogP contribution in [0.2, 0.25) is 0 Å². The molecule has 13 rings (SSSR count). The van der Waals surface area contributed by atoms with Gasteiger partial charge in [-0.1, -0.05) is 222 Å². The predicted molar refractivity (Wildman–Crippen MR) is 273 cm³/mol. The molecule has 0 nitrogen and oxygen atoms in total. The van der Waals surface area contributed by atoms with Crippen molar-refractivity contribution in [3.05, 3.63) is 229 Å². The molecule has 0 fully saturated rings. The predicted octanol–water partition coefficient (Wildman–Crippen LogP) is 17.6. The first-order valence-electron chi connectivity index (χ1n) is 22.8. The van der Waals surface area contributed by atoms with Gasteiger partial charge in [0.1, 0.15) is 0 Å². The third kappa shape index (κ3) is 5.11. The Morgan fingerprint density at radius 3 is 1.45 bits per heavy atom. The molecule has 0 atom stereocenters. The van der Waals surface area contributed by atoms with E-state index in [1.54, 1.807) is 0 Å². The van der Waals surface area contributed by atoms with Crippen LogP contribution in [0.1, 0.15) is 49.9 Å². The fourth-order valence-electron chi connectivity index (χ4n) is 12.0. The first kappa shape index (κ1) is 37.1. The summed E-state index contributed by atoms with van der Waals surface area (Å²) in [5, 5.41) is 10.1. The van der Waals surface area contributed by atoms with Gasteiger partial charge in [-0.05, 0) is 144 Å². The maximum Gasteiger partial charge on any atom is 0.0159 e. The molecular weight excluding hydrogens is 769 g/mol. The van der Waals surface area contributed by atoms with E-state index in [4.69, 9.17) is 0 Å². The maximum absolute atomic E-state index is 2.49. The highest BCUT2D eigenvalue weighted by Crippen LogP contribution is 2.56. The Kier molecular flexibility index (Phi) is 7.80. The quantitative estimate of drug-likeness (QED) is 0.155. The minimum atomic E-state index is -0.110. The van der Waals surface area contributed by atoms with Crippen LogP contribution in [-0.4, -0.2) is 0 Å². The monoisotopic (exact) mass is 814 g/mol. The Balaban J connectivity index is 1.10. The van der Waals surface area contributed by atoms with Crippen molar-refractivity contribution in [1.82, 2.24) is 0 Å². The van der Waals surface area contributed by atoms with Crippen molar-refractivity contribution in [3.8, 4) is 66.8 Å². The standard InChI is InChI=1S/C64H46/c1-63(2)57-29-14-12-25-53(57)62-54(27-16-30-58(62)63)61-50-24-10-9-23-49(50)60(52-34-32-40(37-55(52)61)43-26-15-18-39-17-5-6-19-42(39)43)51-36-35-44(45-20-7-8-21-46(45)51)41-31-33-48-47-22-11-13-28-56(47)64(3,4)59(48)38-41/h5-38H,1-4H3. The molecule has 0 heterocycles. The molecule has 0 spiro atoms. The van der Waals surface area contributed by atoms with Crippen molar-refractivity contribution in [2.24, 2.45) is 0 Å². The second-order valence-corrected chi connectivity index (χ2v) is 19.1. The molecule has 0 unspecified atom stereocenters. The van der Waals surface area contributed by atoms with Crippen LogP contribution in [0.15, 0.2) is 206 Å². The second kappa shape index (κ2) is 13.5. The molecule has 0 heteroatoms. The fourth-order valence-corrected chi connectivity index (χ4v) is 12.0. The third-order valence-corrected chi connectivity index (χ3v) is 15.1. The van der Waals surface area contributed by atoms with Crippen LogP contribution in [0, 0.1) is 0 Å². The Morgan fingerprint density at radius 2 is 0.672 bits per heavy atom. The van der Waals surface area contributed by atoms with Crippen molar-refractivity contribution >= 4 is 43.1 Å². The first-order chi connectivity index (χ1) is 31.3. The number of hydrogen-bond acceptors (Lipinski definition) is 0. The van der Waals surface area contributed by atoms with Gasteiger partial charge in [-0.15, -0.1) is 0 Å². The molecule has 0 saturated carbocycles. The lowest BCUT2D eigenvalue weighted by Gasteiger charge is -2.23. The molecule has 2 aliphatic rings. The Morgan fingerprint density at radius 1 is 0.234 bits per heavy atom. The van der Waals surface area contributed by atoms with Crippen molar-refractivity contribution in [2.75, 3.05) is 0 Å². The van der Waals surface area contributed by atoms with Crippen molar-refractivity contribution < 1.29 is 0 Å². The summed E-state index contributed by atoms with van der Waals surface area (Å²) < 4.78 is 0. The van der Waals surface area contributed by atoms with Crippen LogP contribution in [0.3, 0.4) is 0 Å². The van der Waals surface area contributed by atoms with E-state index < -0.39 is 0 Å². The van der Waals surface area contributed by atoms with Crippen LogP contribution in [0.4, 0.5) is 0 Å². The molecule has 0 bridgehead atoms. The van der Waals surface area contributed by atoms with Gasteiger partial charge in [0.05, 0.1) is 0 Å². The van der Waals surface area contributed by atoms with Crippen LogP contribution >= 0.6 is 0 Å². The molecule has 11 aromatic carbocycles. The molecule has 0 N–H and O–H groups in total. The van der Waals surface area contributed by atoms with E-state index in [1.165, 1.54) is 132 Å². The minimum Gasteiger partial charge on any atom is -0.0619 e. The Labute approximate surface area is 375 Å². The van der Waals surface area contributed by atoms with Gasteiger partial charge < -0.3 is 0 Å². The molecule has 0 aliphatic heterocycles. The summed E-state index contributed by atoms with van der Waals surface area (Å²) in [6.07, 6.45) is 0. The van der Waals surface area contributed by atoms with E-state index in [1.807, 2.05) is 0 Å². The highest BCUT2D eigenvalue weighted by Gasteiger charge is 2.38. The molecule has 0 saturated heterocycles. The summed E-state index contributed by atoms with van der Waals surface area (Å²) in [4.78, 5) is 0. The average Bonchev–Trinajstić information content (AvgIpc) is 3.72. The van der Waals surface area contributed by atoms with E-state index in [0.29, 0.717) is 0 Å². The maximum atomic E-state index is 2.49. The summed E-state index contributed by atoms with van der Waals surface area (Å²) in [6, 6.07) is 78.0. The van der Waals surface area contributed by atoms with Crippen LogP contribution < -0.4 is 0 Å².